The Kier molecular flexibility index (Phi) is 3.75. The summed E-state index contributed by atoms with van der Waals surface area (Å²) in [4.78, 5) is 12.4. The van der Waals surface area contributed by atoms with Gasteiger partial charge in [-0.05, 0) is 45.0 Å². The van der Waals surface area contributed by atoms with Crippen molar-refractivity contribution in [2.75, 3.05) is 5.32 Å². The standard InChI is InChI=1S/C16H18FN3O3S/c1-16(2,3)20-14(12-8-24(22,23)9-13(12)19-20)18-15(21)10-4-6-11(17)7-5-10/h4-7H,8-9H2,1-3H3,(H,18,21). The second-order valence-corrected chi connectivity index (χ2v) is 8.91. The van der Waals surface area contributed by atoms with E-state index in [1.54, 1.807) is 4.68 Å². The van der Waals surface area contributed by atoms with Crippen molar-refractivity contribution in [2.45, 2.75) is 37.8 Å². The van der Waals surface area contributed by atoms with Crippen LogP contribution in [-0.2, 0) is 26.9 Å². The first kappa shape index (κ1) is 16.6. The lowest BCUT2D eigenvalue weighted by atomic mass is 10.1. The first-order valence-corrected chi connectivity index (χ1v) is 9.27. The zero-order valence-corrected chi connectivity index (χ0v) is 14.4. The molecule has 0 bridgehead atoms. The van der Waals surface area contributed by atoms with E-state index in [1.165, 1.54) is 24.3 Å². The van der Waals surface area contributed by atoms with Crippen LogP contribution in [0.2, 0.25) is 0 Å². The molecule has 24 heavy (non-hydrogen) atoms. The van der Waals surface area contributed by atoms with Gasteiger partial charge < -0.3 is 5.32 Å². The van der Waals surface area contributed by atoms with E-state index in [2.05, 4.69) is 10.4 Å². The van der Waals surface area contributed by atoms with Gasteiger partial charge in [0.15, 0.2) is 9.84 Å². The van der Waals surface area contributed by atoms with E-state index in [0.29, 0.717) is 17.1 Å². The SMILES string of the molecule is CC(C)(C)n1nc2c(c1NC(=O)c1ccc(F)cc1)CS(=O)(=O)C2. The lowest BCUT2D eigenvalue weighted by Crippen LogP contribution is -2.27. The number of anilines is 1. The van der Waals surface area contributed by atoms with Crippen LogP contribution in [0.5, 0.6) is 0 Å². The highest BCUT2D eigenvalue weighted by Gasteiger charge is 2.35. The minimum atomic E-state index is -3.23. The number of fused-ring (bicyclic) bond motifs is 1. The van der Waals surface area contributed by atoms with Crippen LogP contribution in [0.3, 0.4) is 0 Å². The van der Waals surface area contributed by atoms with Crippen LogP contribution < -0.4 is 5.32 Å². The number of aromatic nitrogens is 2. The molecule has 0 aliphatic carbocycles. The third-order valence-corrected chi connectivity index (χ3v) is 5.20. The zero-order chi connectivity index (χ0) is 17.7. The van der Waals surface area contributed by atoms with E-state index < -0.39 is 27.1 Å². The second-order valence-electron chi connectivity index (χ2n) is 6.85. The maximum absolute atomic E-state index is 13.0. The van der Waals surface area contributed by atoms with Gasteiger partial charge in [0.25, 0.3) is 5.91 Å². The van der Waals surface area contributed by atoms with Gasteiger partial charge in [-0.1, -0.05) is 0 Å². The molecule has 1 aliphatic rings. The van der Waals surface area contributed by atoms with Gasteiger partial charge in [-0.3, -0.25) is 4.79 Å². The first-order valence-electron chi connectivity index (χ1n) is 7.45. The van der Waals surface area contributed by atoms with Crippen molar-refractivity contribution < 1.29 is 17.6 Å². The second kappa shape index (κ2) is 5.41. The summed E-state index contributed by atoms with van der Waals surface area (Å²) in [6, 6.07) is 5.15. The van der Waals surface area contributed by atoms with Crippen LogP contribution in [0.1, 0.15) is 42.4 Å². The van der Waals surface area contributed by atoms with Gasteiger partial charge in [0, 0.05) is 11.1 Å². The van der Waals surface area contributed by atoms with E-state index in [-0.39, 0.29) is 17.1 Å². The van der Waals surface area contributed by atoms with E-state index in [0.717, 1.165) is 0 Å². The van der Waals surface area contributed by atoms with Crippen molar-refractivity contribution in [3.63, 3.8) is 0 Å². The molecule has 1 aromatic heterocycles. The average molecular weight is 351 g/mol. The number of sulfone groups is 1. The van der Waals surface area contributed by atoms with Crippen LogP contribution in [0.25, 0.3) is 0 Å². The molecule has 0 unspecified atom stereocenters. The normalized spacial score (nSPS) is 16.0. The summed E-state index contributed by atoms with van der Waals surface area (Å²) in [6.45, 7) is 5.74. The molecule has 8 heteroatoms. The van der Waals surface area contributed by atoms with Crippen molar-refractivity contribution in [3.8, 4) is 0 Å². The van der Waals surface area contributed by atoms with Gasteiger partial charge in [0.2, 0.25) is 0 Å². The molecule has 128 valence electrons. The molecule has 0 fully saturated rings. The van der Waals surface area contributed by atoms with Crippen molar-refractivity contribution >= 4 is 21.6 Å². The predicted octanol–water partition coefficient (Wildman–Crippen LogP) is 2.46. The third-order valence-electron chi connectivity index (χ3n) is 3.76. The molecule has 0 saturated carbocycles. The summed E-state index contributed by atoms with van der Waals surface area (Å²) >= 11 is 0. The molecular formula is C16H18FN3O3S. The maximum atomic E-state index is 13.0. The summed E-state index contributed by atoms with van der Waals surface area (Å²) in [5.74, 6) is -0.749. The van der Waals surface area contributed by atoms with Crippen LogP contribution in [-0.4, -0.2) is 24.1 Å². The fourth-order valence-corrected chi connectivity index (χ4v) is 4.13. The van der Waals surface area contributed by atoms with Gasteiger partial charge >= 0.3 is 0 Å². The smallest absolute Gasteiger partial charge is 0.256 e. The molecule has 1 aliphatic heterocycles. The number of carbonyl (C=O) groups excluding carboxylic acids is 1. The topological polar surface area (TPSA) is 81.1 Å². The van der Waals surface area contributed by atoms with E-state index in [4.69, 9.17) is 0 Å². The van der Waals surface area contributed by atoms with Gasteiger partial charge in [-0.25, -0.2) is 17.5 Å². The number of carbonyl (C=O) groups is 1. The van der Waals surface area contributed by atoms with Gasteiger partial charge in [0.1, 0.15) is 11.6 Å². The number of benzene rings is 1. The van der Waals surface area contributed by atoms with Gasteiger partial charge in [0.05, 0.1) is 22.7 Å². The minimum absolute atomic E-state index is 0.120. The largest absolute Gasteiger partial charge is 0.306 e. The van der Waals surface area contributed by atoms with Crippen LogP contribution >= 0.6 is 0 Å². The Bertz CT molecular complexity index is 909. The summed E-state index contributed by atoms with van der Waals surface area (Å²) in [5, 5.41) is 7.13. The number of amides is 1. The Hall–Kier alpha value is -2.22. The Balaban J connectivity index is 2.01. The Morgan fingerprint density at radius 2 is 1.83 bits per heavy atom. The molecule has 1 aromatic carbocycles. The van der Waals surface area contributed by atoms with Gasteiger partial charge in [-0.15, -0.1) is 0 Å². The van der Waals surface area contributed by atoms with Crippen molar-refractivity contribution in [1.82, 2.24) is 9.78 Å². The highest BCUT2D eigenvalue weighted by Crippen LogP contribution is 2.34. The van der Waals surface area contributed by atoms with Crippen LogP contribution in [0.15, 0.2) is 24.3 Å². The molecule has 0 spiro atoms. The lowest BCUT2D eigenvalue weighted by Gasteiger charge is -2.23. The van der Waals surface area contributed by atoms with E-state index >= 15 is 0 Å². The quantitative estimate of drug-likeness (QED) is 0.901. The highest BCUT2D eigenvalue weighted by atomic mass is 32.2. The van der Waals surface area contributed by atoms with Crippen LogP contribution in [0.4, 0.5) is 10.2 Å². The molecule has 6 nitrogen and oxygen atoms in total. The summed E-state index contributed by atoms with van der Waals surface area (Å²) in [6.07, 6.45) is 0. The van der Waals surface area contributed by atoms with E-state index in [9.17, 15) is 17.6 Å². The molecular weight excluding hydrogens is 333 g/mol. The fourth-order valence-electron chi connectivity index (χ4n) is 2.64. The molecule has 2 aromatic rings. The van der Waals surface area contributed by atoms with E-state index in [1.807, 2.05) is 20.8 Å². The molecule has 0 saturated heterocycles. The molecule has 1 N–H and O–H groups in total. The number of halogens is 1. The zero-order valence-electron chi connectivity index (χ0n) is 13.6. The Labute approximate surface area is 139 Å². The Morgan fingerprint density at radius 3 is 2.42 bits per heavy atom. The summed E-state index contributed by atoms with van der Waals surface area (Å²) in [7, 11) is -3.23. The molecule has 2 heterocycles. The summed E-state index contributed by atoms with van der Waals surface area (Å²) in [5.41, 5.74) is 0.854. The van der Waals surface area contributed by atoms with Crippen LogP contribution in [0, 0.1) is 5.82 Å². The predicted molar refractivity (Wildman–Crippen MR) is 87.9 cm³/mol. The molecule has 0 radical (unpaired) electrons. The number of nitrogens with zero attached hydrogens (tertiary/aromatic N) is 2. The summed E-state index contributed by atoms with van der Waals surface area (Å²) < 4.78 is 38.3. The lowest BCUT2D eigenvalue weighted by molar-refractivity contribution is 0.102. The number of hydrogen-bond acceptors (Lipinski definition) is 4. The fraction of sp³-hybridized carbons (Fsp3) is 0.375. The minimum Gasteiger partial charge on any atom is -0.306 e. The molecule has 3 rings (SSSR count). The average Bonchev–Trinajstić information content (AvgIpc) is 2.92. The maximum Gasteiger partial charge on any atom is 0.256 e. The molecule has 0 atom stereocenters. The van der Waals surface area contributed by atoms with Crippen molar-refractivity contribution in [3.05, 3.63) is 46.9 Å². The Morgan fingerprint density at radius 1 is 1.21 bits per heavy atom. The van der Waals surface area contributed by atoms with Crippen molar-refractivity contribution in [1.29, 1.82) is 0 Å². The number of nitrogens with one attached hydrogen (secondary N) is 1. The monoisotopic (exact) mass is 351 g/mol. The third kappa shape index (κ3) is 3.06. The highest BCUT2D eigenvalue weighted by molar-refractivity contribution is 7.90. The first-order chi connectivity index (χ1) is 11.1. The van der Waals surface area contributed by atoms with Crippen molar-refractivity contribution in [2.24, 2.45) is 0 Å². The molecule has 1 amide bonds. The van der Waals surface area contributed by atoms with Gasteiger partial charge in [-0.2, -0.15) is 5.10 Å². The number of rotatable bonds is 2. The number of hydrogen-bond donors (Lipinski definition) is 1.